The SMILES string of the molecule is CC(C)CC(Oc1ccc(C2C=N2)c(C(F)(F)F)c1)C(=O)NCc1cccs1. The first-order valence-corrected chi connectivity index (χ1v) is 9.83. The Bertz CT molecular complexity index is 842. The molecule has 28 heavy (non-hydrogen) atoms. The molecule has 1 aliphatic heterocycles. The summed E-state index contributed by atoms with van der Waals surface area (Å²) in [5.74, 6) is -0.183. The summed E-state index contributed by atoms with van der Waals surface area (Å²) in [5, 5.41) is 4.71. The standard InChI is InChI=1S/C20H21F3N2O2S/c1-12(2)8-18(19(26)25-10-14-4-3-7-28-14)27-13-5-6-15(17-11-24-17)16(9-13)20(21,22)23/h3-7,9,11-12,17-18H,8,10H2,1-2H3,(H,25,26). The van der Waals surface area contributed by atoms with E-state index < -0.39 is 23.9 Å². The highest BCUT2D eigenvalue weighted by Crippen LogP contribution is 2.40. The second kappa shape index (κ2) is 8.34. The molecule has 1 aromatic carbocycles. The van der Waals surface area contributed by atoms with Crippen molar-refractivity contribution in [2.24, 2.45) is 10.9 Å². The van der Waals surface area contributed by atoms with Crippen molar-refractivity contribution >= 4 is 23.5 Å². The summed E-state index contributed by atoms with van der Waals surface area (Å²) in [6.45, 7) is 4.22. The minimum absolute atomic E-state index is 0.0219. The van der Waals surface area contributed by atoms with E-state index in [4.69, 9.17) is 4.74 Å². The molecule has 2 heterocycles. The average Bonchev–Trinajstić information content (AvgIpc) is 3.33. The van der Waals surface area contributed by atoms with Gasteiger partial charge in [0.2, 0.25) is 0 Å². The van der Waals surface area contributed by atoms with Gasteiger partial charge in [0.25, 0.3) is 5.91 Å². The number of aliphatic imine (C=N–C) groups is 1. The third-order valence-electron chi connectivity index (χ3n) is 4.22. The molecule has 1 aromatic heterocycles. The molecule has 4 nitrogen and oxygen atoms in total. The van der Waals surface area contributed by atoms with Crippen molar-refractivity contribution in [2.75, 3.05) is 0 Å². The lowest BCUT2D eigenvalue weighted by Crippen LogP contribution is -2.38. The zero-order chi connectivity index (χ0) is 20.3. The number of nitrogens with zero attached hydrogens (tertiary/aromatic N) is 1. The minimum atomic E-state index is -4.52. The Balaban J connectivity index is 1.75. The fourth-order valence-corrected chi connectivity index (χ4v) is 3.46. The highest BCUT2D eigenvalue weighted by molar-refractivity contribution is 7.09. The normalized spacial score (nSPS) is 16.9. The monoisotopic (exact) mass is 410 g/mol. The van der Waals surface area contributed by atoms with E-state index in [-0.39, 0.29) is 23.1 Å². The molecule has 2 unspecified atom stereocenters. The van der Waals surface area contributed by atoms with Crippen LogP contribution in [-0.2, 0) is 17.5 Å². The van der Waals surface area contributed by atoms with Crippen molar-refractivity contribution in [3.63, 3.8) is 0 Å². The largest absolute Gasteiger partial charge is 0.481 e. The van der Waals surface area contributed by atoms with E-state index in [1.807, 2.05) is 31.4 Å². The highest BCUT2D eigenvalue weighted by Gasteiger charge is 2.37. The second-order valence-corrected chi connectivity index (χ2v) is 8.06. The zero-order valence-electron chi connectivity index (χ0n) is 15.5. The van der Waals surface area contributed by atoms with Crippen LogP contribution in [0.5, 0.6) is 5.75 Å². The summed E-state index contributed by atoms with van der Waals surface area (Å²) in [7, 11) is 0. The number of benzene rings is 1. The van der Waals surface area contributed by atoms with Crippen LogP contribution in [0, 0.1) is 5.92 Å². The smallest absolute Gasteiger partial charge is 0.416 e. The van der Waals surface area contributed by atoms with Crippen LogP contribution < -0.4 is 10.1 Å². The van der Waals surface area contributed by atoms with Crippen molar-refractivity contribution in [3.8, 4) is 5.75 Å². The van der Waals surface area contributed by atoms with Crippen LogP contribution in [0.25, 0.3) is 0 Å². The third kappa shape index (κ3) is 5.34. The summed E-state index contributed by atoms with van der Waals surface area (Å²) in [6.07, 6.45) is -3.53. The van der Waals surface area contributed by atoms with Gasteiger partial charge in [0, 0.05) is 11.1 Å². The van der Waals surface area contributed by atoms with Gasteiger partial charge in [-0.2, -0.15) is 13.2 Å². The molecular formula is C20H21F3N2O2S. The van der Waals surface area contributed by atoms with Gasteiger partial charge in [-0.1, -0.05) is 26.0 Å². The molecule has 0 fully saturated rings. The average molecular weight is 410 g/mol. The Hall–Kier alpha value is -2.35. The highest BCUT2D eigenvalue weighted by atomic mass is 32.1. The number of alkyl halides is 3. The Kier molecular flexibility index (Phi) is 6.07. The predicted octanol–water partition coefficient (Wildman–Crippen LogP) is 5.00. The minimum Gasteiger partial charge on any atom is -0.481 e. The molecule has 1 amide bonds. The topological polar surface area (TPSA) is 50.7 Å². The molecular weight excluding hydrogens is 389 g/mol. The van der Waals surface area contributed by atoms with E-state index in [1.165, 1.54) is 29.7 Å². The molecule has 0 saturated heterocycles. The van der Waals surface area contributed by atoms with Crippen molar-refractivity contribution < 1.29 is 22.7 Å². The summed E-state index contributed by atoms with van der Waals surface area (Å²) < 4.78 is 45.9. The van der Waals surface area contributed by atoms with Gasteiger partial charge in [-0.3, -0.25) is 9.79 Å². The number of thiophene rings is 1. The van der Waals surface area contributed by atoms with Gasteiger partial charge in [-0.05, 0) is 41.5 Å². The van der Waals surface area contributed by atoms with Crippen LogP contribution >= 0.6 is 11.3 Å². The number of hydrogen-bond acceptors (Lipinski definition) is 4. The molecule has 3 rings (SSSR count). The number of halogens is 3. The molecule has 0 saturated carbocycles. The maximum Gasteiger partial charge on any atom is 0.416 e. The van der Waals surface area contributed by atoms with Gasteiger partial charge >= 0.3 is 6.18 Å². The lowest BCUT2D eigenvalue weighted by atomic mass is 10.0. The Morgan fingerprint density at radius 3 is 2.64 bits per heavy atom. The number of nitrogens with one attached hydrogen (secondary N) is 1. The lowest BCUT2D eigenvalue weighted by molar-refractivity contribution is -0.138. The number of rotatable bonds is 8. The van der Waals surface area contributed by atoms with E-state index >= 15 is 0 Å². The molecule has 0 aliphatic carbocycles. The zero-order valence-corrected chi connectivity index (χ0v) is 16.3. The molecule has 0 radical (unpaired) electrons. The van der Waals surface area contributed by atoms with Gasteiger partial charge in [0.1, 0.15) is 11.8 Å². The summed E-state index contributed by atoms with van der Waals surface area (Å²) in [5.41, 5.74) is -0.683. The maximum absolute atomic E-state index is 13.4. The van der Waals surface area contributed by atoms with Gasteiger partial charge in [0.05, 0.1) is 12.1 Å². The first kappa shape index (κ1) is 20.4. The number of carbonyl (C=O) groups is 1. The van der Waals surface area contributed by atoms with E-state index in [0.717, 1.165) is 10.9 Å². The number of hydrogen-bond donors (Lipinski definition) is 1. The van der Waals surface area contributed by atoms with Gasteiger partial charge < -0.3 is 10.1 Å². The molecule has 1 N–H and O–H groups in total. The number of amides is 1. The fourth-order valence-electron chi connectivity index (χ4n) is 2.82. The molecule has 2 aromatic rings. The quantitative estimate of drug-likeness (QED) is 0.666. The summed E-state index contributed by atoms with van der Waals surface area (Å²) >= 11 is 1.52. The predicted molar refractivity (Wildman–Crippen MR) is 103 cm³/mol. The van der Waals surface area contributed by atoms with Gasteiger partial charge in [-0.25, -0.2) is 0 Å². The Labute approximate surface area is 165 Å². The second-order valence-electron chi connectivity index (χ2n) is 7.02. The first-order chi connectivity index (χ1) is 13.2. The molecule has 0 spiro atoms. The van der Waals surface area contributed by atoms with Crippen LogP contribution in [0.1, 0.15) is 42.3 Å². The van der Waals surface area contributed by atoms with Crippen LogP contribution in [0.4, 0.5) is 13.2 Å². The van der Waals surface area contributed by atoms with Crippen molar-refractivity contribution in [1.29, 1.82) is 0 Å². The van der Waals surface area contributed by atoms with Gasteiger partial charge in [0.15, 0.2) is 6.10 Å². The fraction of sp³-hybridized carbons (Fsp3) is 0.400. The van der Waals surface area contributed by atoms with E-state index in [1.54, 1.807) is 0 Å². The Morgan fingerprint density at radius 2 is 2.07 bits per heavy atom. The van der Waals surface area contributed by atoms with Crippen molar-refractivity contribution in [3.05, 3.63) is 51.7 Å². The van der Waals surface area contributed by atoms with Crippen LogP contribution in [0.3, 0.4) is 0 Å². The van der Waals surface area contributed by atoms with Crippen LogP contribution in [-0.4, -0.2) is 18.2 Å². The van der Waals surface area contributed by atoms with E-state index in [0.29, 0.717) is 13.0 Å². The number of carbonyl (C=O) groups excluding carboxylic acids is 1. The van der Waals surface area contributed by atoms with Gasteiger partial charge in [-0.15, -0.1) is 11.3 Å². The molecule has 2 atom stereocenters. The van der Waals surface area contributed by atoms with Crippen molar-refractivity contribution in [1.82, 2.24) is 5.32 Å². The van der Waals surface area contributed by atoms with E-state index in [9.17, 15) is 18.0 Å². The maximum atomic E-state index is 13.4. The summed E-state index contributed by atoms with van der Waals surface area (Å²) in [6, 6.07) is 7.05. The Morgan fingerprint density at radius 1 is 1.32 bits per heavy atom. The number of ether oxygens (including phenoxy) is 1. The molecule has 150 valence electrons. The lowest BCUT2D eigenvalue weighted by Gasteiger charge is -2.21. The molecule has 0 bridgehead atoms. The molecule has 1 aliphatic rings. The van der Waals surface area contributed by atoms with Crippen LogP contribution in [0.2, 0.25) is 0 Å². The third-order valence-corrected chi connectivity index (χ3v) is 5.10. The molecule has 8 heteroatoms. The van der Waals surface area contributed by atoms with Crippen molar-refractivity contribution in [2.45, 2.75) is 45.1 Å². The van der Waals surface area contributed by atoms with Crippen LogP contribution in [0.15, 0.2) is 40.7 Å². The summed E-state index contributed by atoms with van der Waals surface area (Å²) in [4.78, 5) is 17.4. The first-order valence-electron chi connectivity index (χ1n) is 8.95. The van der Waals surface area contributed by atoms with E-state index in [2.05, 4.69) is 10.3 Å².